The summed E-state index contributed by atoms with van der Waals surface area (Å²) in [6.45, 7) is 2.66. The van der Waals surface area contributed by atoms with Crippen molar-refractivity contribution >= 4 is 28.4 Å². The van der Waals surface area contributed by atoms with Gasteiger partial charge in [0.2, 0.25) is 5.91 Å². The number of aryl methyl sites for hydroxylation is 1. The van der Waals surface area contributed by atoms with Crippen molar-refractivity contribution in [2.75, 3.05) is 5.75 Å². The zero-order chi connectivity index (χ0) is 16.8. The minimum atomic E-state index is 0.0998. The highest BCUT2D eigenvalue weighted by atomic mass is 32.2. The number of carbonyl (C=O) groups excluding carboxylic acids is 1. The van der Waals surface area contributed by atoms with E-state index >= 15 is 0 Å². The molecule has 0 aliphatic carbocycles. The van der Waals surface area contributed by atoms with Gasteiger partial charge in [-0.2, -0.15) is 0 Å². The smallest absolute Gasteiger partial charge is 0.221 e. The third-order valence-corrected chi connectivity index (χ3v) is 4.94. The minimum absolute atomic E-state index is 0.0998. The number of amides is 1. The third kappa shape index (κ3) is 4.62. The molecule has 0 saturated carbocycles. The lowest BCUT2D eigenvalue weighted by atomic mass is 10.1. The highest BCUT2D eigenvalue weighted by Gasteiger charge is 2.03. The van der Waals surface area contributed by atoms with Crippen LogP contribution in [0.1, 0.15) is 17.5 Å². The van der Waals surface area contributed by atoms with Gasteiger partial charge in [0.25, 0.3) is 0 Å². The van der Waals surface area contributed by atoms with E-state index in [-0.39, 0.29) is 5.91 Å². The maximum Gasteiger partial charge on any atom is 0.221 e. The van der Waals surface area contributed by atoms with E-state index in [1.54, 1.807) is 11.8 Å². The molecule has 0 atom stereocenters. The van der Waals surface area contributed by atoms with E-state index in [2.05, 4.69) is 66.8 Å². The van der Waals surface area contributed by atoms with Crippen LogP contribution < -0.4 is 5.32 Å². The molecule has 24 heavy (non-hydrogen) atoms. The summed E-state index contributed by atoms with van der Waals surface area (Å²) in [4.78, 5) is 13.2. The molecule has 0 unspecified atom stereocenters. The maximum absolute atomic E-state index is 12.0. The van der Waals surface area contributed by atoms with Crippen molar-refractivity contribution < 1.29 is 4.79 Å². The number of nitrogens with one attached hydrogen (secondary N) is 1. The quantitative estimate of drug-likeness (QED) is 0.646. The Morgan fingerprint density at radius 1 is 0.958 bits per heavy atom. The molecule has 2 nitrogen and oxygen atoms in total. The van der Waals surface area contributed by atoms with Crippen LogP contribution in [-0.2, 0) is 11.3 Å². The molecular formula is C21H21NOS. The van der Waals surface area contributed by atoms with Gasteiger partial charge < -0.3 is 5.32 Å². The summed E-state index contributed by atoms with van der Waals surface area (Å²) in [5.74, 6) is 0.898. The fourth-order valence-corrected chi connectivity index (χ4v) is 3.39. The van der Waals surface area contributed by atoms with Crippen LogP contribution in [0.2, 0.25) is 0 Å². The molecule has 1 amide bonds. The van der Waals surface area contributed by atoms with E-state index in [4.69, 9.17) is 0 Å². The number of thioether (sulfide) groups is 1. The Morgan fingerprint density at radius 2 is 1.71 bits per heavy atom. The van der Waals surface area contributed by atoms with Crippen LogP contribution >= 0.6 is 11.8 Å². The van der Waals surface area contributed by atoms with Crippen LogP contribution in [0, 0.1) is 6.92 Å². The number of hydrogen-bond donors (Lipinski definition) is 1. The molecule has 0 bridgehead atoms. The molecule has 0 fully saturated rings. The summed E-state index contributed by atoms with van der Waals surface area (Å²) < 4.78 is 0. The summed E-state index contributed by atoms with van der Waals surface area (Å²) in [6.07, 6.45) is 0.534. The van der Waals surface area contributed by atoms with Gasteiger partial charge in [-0.25, -0.2) is 0 Å². The van der Waals surface area contributed by atoms with E-state index in [1.807, 2.05) is 12.1 Å². The van der Waals surface area contributed by atoms with Gasteiger partial charge in [-0.05, 0) is 41.5 Å². The predicted molar refractivity (Wildman–Crippen MR) is 102 cm³/mol. The van der Waals surface area contributed by atoms with Crippen molar-refractivity contribution in [2.24, 2.45) is 0 Å². The summed E-state index contributed by atoms with van der Waals surface area (Å²) >= 11 is 1.72. The number of fused-ring (bicyclic) bond motifs is 1. The molecule has 3 heteroatoms. The van der Waals surface area contributed by atoms with Gasteiger partial charge in [0.15, 0.2) is 0 Å². The molecule has 0 saturated heterocycles. The van der Waals surface area contributed by atoms with Crippen molar-refractivity contribution in [2.45, 2.75) is 24.8 Å². The van der Waals surface area contributed by atoms with Gasteiger partial charge in [0.05, 0.1) is 0 Å². The average molecular weight is 335 g/mol. The first-order valence-corrected chi connectivity index (χ1v) is 9.13. The Labute approximate surface area is 147 Å². The molecule has 0 heterocycles. The molecule has 122 valence electrons. The Hall–Kier alpha value is -2.26. The van der Waals surface area contributed by atoms with E-state index in [9.17, 15) is 4.79 Å². The number of benzene rings is 3. The van der Waals surface area contributed by atoms with Gasteiger partial charge in [0.1, 0.15) is 0 Å². The third-order valence-electron chi connectivity index (χ3n) is 3.92. The molecule has 3 rings (SSSR count). The van der Waals surface area contributed by atoms with E-state index in [0.29, 0.717) is 13.0 Å². The molecule has 0 radical (unpaired) electrons. The van der Waals surface area contributed by atoms with Crippen molar-refractivity contribution in [1.82, 2.24) is 5.32 Å². The van der Waals surface area contributed by atoms with Crippen LogP contribution in [0.25, 0.3) is 10.8 Å². The fraction of sp³-hybridized carbons (Fsp3) is 0.190. The molecule has 1 N–H and O–H groups in total. The zero-order valence-corrected chi connectivity index (χ0v) is 14.6. The zero-order valence-electron chi connectivity index (χ0n) is 13.8. The first-order valence-electron chi connectivity index (χ1n) is 8.14. The van der Waals surface area contributed by atoms with Gasteiger partial charge >= 0.3 is 0 Å². The topological polar surface area (TPSA) is 29.1 Å². The Balaban J connectivity index is 1.45. The SMILES string of the molecule is Cc1ccc(SCCC(=O)NCc2ccc3ccccc3c2)cc1. The van der Waals surface area contributed by atoms with Crippen molar-refractivity contribution in [1.29, 1.82) is 0 Å². The summed E-state index contributed by atoms with van der Waals surface area (Å²) in [6, 6.07) is 23.0. The predicted octanol–water partition coefficient (Wildman–Crippen LogP) is 4.95. The van der Waals surface area contributed by atoms with Crippen LogP contribution in [-0.4, -0.2) is 11.7 Å². The van der Waals surface area contributed by atoms with Crippen molar-refractivity contribution in [3.8, 4) is 0 Å². The van der Waals surface area contributed by atoms with E-state index in [1.165, 1.54) is 21.2 Å². The van der Waals surface area contributed by atoms with Gasteiger partial charge in [-0.3, -0.25) is 4.79 Å². The Kier molecular flexibility index (Phi) is 5.55. The lowest BCUT2D eigenvalue weighted by Gasteiger charge is -2.07. The summed E-state index contributed by atoms with van der Waals surface area (Å²) in [5.41, 5.74) is 2.39. The monoisotopic (exact) mass is 335 g/mol. The lowest BCUT2D eigenvalue weighted by molar-refractivity contribution is -0.120. The molecule has 0 spiro atoms. The number of carbonyl (C=O) groups is 1. The van der Waals surface area contributed by atoms with Crippen molar-refractivity contribution in [3.63, 3.8) is 0 Å². The summed E-state index contributed by atoms with van der Waals surface area (Å²) in [7, 11) is 0. The van der Waals surface area contributed by atoms with Crippen LogP contribution in [0.3, 0.4) is 0 Å². The van der Waals surface area contributed by atoms with E-state index < -0.39 is 0 Å². The maximum atomic E-state index is 12.0. The van der Waals surface area contributed by atoms with E-state index in [0.717, 1.165) is 11.3 Å². The number of rotatable bonds is 6. The summed E-state index contributed by atoms with van der Waals surface area (Å²) in [5, 5.41) is 5.44. The van der Waals surface area contributed by atoms with Crippen LogP contribution in [0.5, 0.6) is 0 Å². The second kappa shape index (κ2) is 8.02. The van der Waals surface area contributed by atoms with Gasteiger partial charge in [-0.1, -0.05) is 54.1 Å². The lowest BCUT2D eigenvalue weighted by Crippen LogP contribution is -2.22. The second-order valence-electron chi connectivity index (χ2n) is 5.87. The molecule has 3 aromatic carbocycles. The van der Waals surface area contributed by atoms with Crippen LogP contribution in [0.15, 0.2) is 71.6 Å². The largest absolute Gasteiger partial charge is 0.352 e. The highest BCUT2D eigenvalue weighted by molar-refractivity contribution is 7.99. The molecule has 0 aliphatic heterocycles. The molecule has 0 aliphatic rings. The van der Waals surface area contributed by atoms with Gasteiger partial charge in [-0.15, -0.1) is 11.8 Å². The normalized spacial score (nSPS) is 10.7. The molecule has 0 aromatic heterocycles. The molecule has 3 aromatic rings. The van der Waals surface area contributed by atoms with Gasteiger partial charge in [0, 0.05) is 23.6 Å². The molecular weight excluding hydrogens is 314 g/mol. The second-order valence-corrected chi connectivity index (χ2v) is 7.04. The Bertz CT molecular complexity index is 827. The number of hydrogen-bond acceptors (Lipinski definition) is 2. The Morgan fingerprint density at radius 3 is 2.50 bits per heavy atom. The minimum Gasteiger partial charge on any atom is -0.352 e. The first kappa shape index (κ1) is 16.6. The van der Waals surface area contributed by atoms with Crippen LogP contribution in [0.4, 0.5) is 0 Å². The van der Waals surface area contributed by atoms with Crippen molar-refractivity contribution in [3.05, 3.63) is 77.9 Å². The average Bonchev–Trinajstić information content (AvgIpc) is 2.61. The standard InChI is InChI=1S/C21H21NOS/c1-16-6-10-20(11-7-16)24-13-12-21(23)22-15-17-8-9-18-4-2-3-5-19(18)14-17/h2-11,14H,12-13,15H2,1H3,(H,22,23). The fourth-order valence-electron chi connectivity index (χ4n) is 2.53. The first-order chi connectivity index (χ1) is 11.7. The highest BCUT2D eigenvalue weighted by Crippen LogP contribution is 2.19.